The van der Waals surface area contributed by atoms with Gasteiger partial charge in [0.15, 0.2) is 0 Å². The summed E-state index contributed by atoms with van der Waals surface area (Å²) in [6.07, 6.45) is 6.77. The van der Waals surface area contributed by atoms with E-state index in [1.807, 2.05) is 18.7 Å². The number of allylic oxidation sites excluding steroid dienone is 1. The van der Waals surface area contributed by atoms with Gasteiger partial charge in [-0.15, -0.1) is 0 Å². The van der Waals surface area contributed by atoms with Gasteiger partial charge >= 0.3 is 6.01 Å². The highest BCUT2D eigenvalue weighted by Gasteiger charge is 2.24. The zero-order valence-corrected chi connectivity index (χ0v) is 13.3. The average Bonchev–Trinajstić information content (AvgIpc) is 2.41. The maximum Gasteiger partial charge on any atom is 0.316 e. The molecule has 5 nitrogen and oxygen atoms in total. The van der Waals surface area contributed by atoms with Gasteiger partial charge in [0.25, 0.3) is 0 Å². The third-order valence-corrected chi connectivity index (χ3v) is 3.38. The smallest absolute Gasteiger partial charge is 0.316 e. The molecule has 1 saturated heterocycles. The fourth-order valence-corrected chi connectivity index (χ4v) is 2.29. The van der Waals surface area contributed by atoms with E-state index < -0.39 is 0 Å². The largest absolute Gasteiger partial charge is 0.458 e. The third kappa shape index (κ3) is 4.30. The molecule has 1 aromatic rings. The van der Waals surface area contributed by atoms with Crippen LogP contribution in [-0.4, -0.2) is 40.0 Å². The van der Waals surface area contributed by atoms with Crippen molar-refractivity contribution in [3.63, 3.8) is 0 Å². The number of carbonyl (C=O) groups excluding carboxylic acids is 1. The Kier molecular flexibility index (Phi) is 5.11. The van der Waals surface area contributed by atoms with E-state index in [1.165, 1.54) is 0 Å². The second-order valence-corrected chi connectivity index (χ2v) is 5.99. The Hall–Kier alpha value is -1.43. The number of likely N-dealkylation sites (tertiary alicyclic amines) is 1. The second kappa shape index (κ2) is 6.83. The summed E-state index contributed by atoms with van der Waals surface area (Å²) in [7, 11) is 0. The molecule has 1 aromatic heterocycles. The molecule has 6 heteroatoms. The van der Waals surface area contributed by atoms with Crippen molar-refractivity contribution in [2.75, 3.05) is 13.1 Å². The summed E-state index contributed by atoms with van der Waals surface area (Å²) in [6.45, 7) is 5.21. The first-order valence-corrected chi connectivity index (χ1v) is 7.42. The molecule has 1 aliphatic rings. The highest BCUT2D eigenvalue weighted by atomic mass is 79.9. The number of nitrogens with zero attached hydrogens (tertiary/aromatic N) is 3. The van der Waals surface area contributed by atoms with Crippen LogP contribution in [0.5, 0.6) is 6.01 Å². The van der Waals surface area contributed by atoms with Crippen molar-refractivity contribution in [2.24, 2.45) is 0 Å². The van der Waals surface area contributed by atoms with Crippen molar-refractivity contribution in [3.8, 4) is 6.01 Å². The number of halogens is 1. The Bertz CT molecular complexity index is 498. The molecule has 1 aliphatic heterocycles. The minimum atomic E-state index is -0.0422. The van der Waals surface area contributed by atoms with E-state index >= 15 is 0 Å². The van der Waals surface area contributed by atoms with E-state index in [4.69, 9.17) is 4.74 Å². The van der Waals surface area contributed by atoms with Crippen LogP contribution in [0.1, 0.15) is 26.7 Å². The Morgan fingerprint density at radius 2 is 2.15 bits per heavy atom. The first kappa shape index (κ1) is 15.0. The number of ether oxygens (including phenoxy) is 1. The van der Waals surface area contributed by atoms with Gasteiger partial charge in [-0.05, 0) is 42.6 Å². The predicted octanol–water partition coefficient (Wildman–Crippen LogP) is 2.58. The Morgan fingerprint density at radius 1 is 1.45 bits per heavy atom. The molecular weight excluding hydrogens is 322 g/mol. The number of amides is 1. The summed E-state index contributed by atoms with van der Waals surface area (Å²) in [4.78, 5) is 22.0. The molecule has 0 aromatic carbocycles. The summed E-state index contributed by atoms with van der Waals surface area (Å²) < 4.78 is 6.55. The molecule has 1 fully saturated rings. The lowest BCUT2D eigenvalue weighted by molar-refractivity contribution is -0.128. The third-order valence-electron chi connectivity index (χ3n) is 2.97. The maximum atomic E-state index is 12.0. The van der Waals surface area contributed by atoms with Crippen molar-refractivity contribution in [1.82, 2.24) is 14.9 Å². The first-order valence-electron chi connectivity index (χ1n) is 6.62. The molecule has 1 amide bonds. The van der Waals surface area contributed by atoms with Crippen LogP contribution < -0.4 is 4.74 Å². The fraction of sp³-hybridized carbons (Fsp3) is 0.500. The first-order chi connectivity index (χ1) is 9.54. The van der Waals surface area contributed by atoms with Crippen molar-refractivity contribution < 1.29 is 9.53 Å². The van der Waals surface area contributed by atoms with E-state index in [1.54, 1.807) is 18.5 Å². The van der Waals surface area contributed by atoms with Crippen LogP contribution in [0, 0.1) is 0 Å². The maximum absolute atomic E-state index is 12.0. The molecule has 0 radical (unpaired) electrons. The van der Waals surface area contributed by atoms with Crippen LogP contribution in [0.3, 0.4) is 0 Å². The lowest BCUT2D eigenvalue weighted by atomic mass is 10.1. The molecule has 0 saturated carbocycles. The van der Waals surface area contributed by atoms with E-state index in [0.717, 1.165) is 29.4 Å². The predicted molar refractivity (Wildman–Crippen MR) is 79.4 cm³/mol. The number of piperidine rings is 1. The minimum absolute atomic E-state index is 0.0422. The van der Waals surface area contributed by atoms with Gasteiger partial charge in [-0.1, -0.05) is 5.57 Å². The number of rotatable bonds is 3. The SMILES string of the molecule is CC(C)=CC(=O)N1CCC[C@H](Oc2ncc(Br)cn2)C1. The quantitative estimate of drug-likeness (QED) is 0.794. The monoisotopic (exact) mass is 339 g/mol. The molecule has 0 spiro atoms. The molecular formula is C14H18BrN3O2. The molecule has 1 atom stereocenters. The number of hydrogen-bond donors (Lipinski definition) is 0. The molecule has 0 aliphatic carbocycles. The summed E-state index contributed by atoms with van der Waals surface area (Å²) in [5.41, 5.74) is 1.01. The standard InChI is InChI=1S/C14H18BrN3O2/c1-10(2)6-13(19)18-5-3-4-12(9-18)20-14-16-7-11(15)8-17-14/h6-8,12H,3-5,9H2,1-2H3/t12-/m0/s1. The van der Waals surface area contributed by atoms with Gasteiger partial charge in [0, 0.05) is 25.0 Å². The van der Waals surface area contributed by atoms with Gasteiger partial charge in [0.05, 0.1) is 11.0 Å². The van der Waals surface area contributed by atoms with E-state index in [-0.39, 0.29) is 12.0 Å². The van der Waals surface area contributed by atoms with Gasteiger partial charge in [-0.3, -0.25) is 4.79 Å². The Labute approximate surface area is 127 Å². The Balaban J connectivity index is 1.95. The van der Waals surface area contributed by atoms with E-state index in [0.29, 0.717) is 12.6 Å². The normalized spacial score (nSPS) is 18.6. The molecule has 0 N–H and O–H groups in total. The van der Waals surface area contributed by atoms with Gasteiger partial charge in [-0.25, -0.2) is 9.97 Å². The summed E-state index contributed by atoms with van der Waals surface area (Å²) in [5.74, 6) is 0.0509. The zero-order valence-electron chi connectivity index (χ0n) is 11.7. The van der Waals surface area contributed by atoms with E-state index in [9.17, 15) is 4.79 Å². The Morgan fingerprint density at radius 3 is 2.80 bits per heavy atom. The van der Waals surface area contributed by atoms with Crippen LogP contribution in [0.2, 0.25) is 0 Å². The summed E-state index contributed by atoms with van der Waals surface area (Å²) in [5, 5.41) is 0. The van der Waals surface area contributed by atoms with E-state index in [2.05, 4.69) is 25.9 Å². The topological polar surface area (TPSA) is 55.3 Å². The number of carbonyl (C=O) groups is 1. The second-order valence-electron chi connectivity index (χ2n) is 5.07. The van der Waals surface area contributed by atoms with Crippen molar-refractivity contribution in [3.05, 3.63) is 28.5 Å². The number of aromatic nitrogens is 2. The average molecular weight is 340 g/mol. The lowest BCUT2D eigenvalue weighted by Crippen LogP contribution is -2.44. The molecule has 0 bridgehead atoms. The van der Waals surface area contributed by atoms with Crippen molar-refractivity contribution >= 4 is 21.8 Å². The summed E-state index contributed by atoms with van der Waals surface area (Å²) >= 11 is 3.28. The van der Waals surface area contributed by atoms with Crippen LogP contribution in [0.4, 0.5) is 0 Å². The van der Waals surface area contributed by atoms with Crippen LogP contribution in [-0.2, 0) is 4.79 Å². The minimum Gasteiger partial charge on any atom is -0.458 e. The van der Waals surface area contributed by atoms with Crippen LogP contribution in [0.15, 0.2) is 28.5 Å². The lowest BCUT2D eigenvalue weighted by Gasteiger charge is -2.31. The molecule has 0 unspecified atom stereocenters. The summed E-state index contributed by atoms with van der Waals surface area (Å²) in [6, 6.07) is 0.356. The van der Waals surface area contributed by atoms with Gasteiger partial charge in [0.1, 0.15) is 6.10 Å². The van der Waals surface area contributed by atoms with Gasteiger partial charge in [-0.2, -0.15) is 0 Å². The van der Waals surface area contributed by atoms with Crippen molar-refractivity contribution in [1.29, 1.82) is 0 Å². The van der Waals surface area contributed by atoms with Gasteiger partial charge < -0.3 is 9.64 Å². The molecule has 20 heavy (non-hydrogen) atoms. The molecule has 108 valence electrons. The van der Waals surface area contributed by atoms with Crippen LogP contribution >= 0.6 is 15.9 Å². The fourth-order valence-electron chi connectivity index (χ4n) is 2.08. The molecule has 2 rings (SSSR count). The number of hydrogen-bond acceptors (Lipinski definition) is 4. The highest BCUT2D eigenvalue weighted by Crippen LogP contribution is 2.17. The van der Waals surface area contributed by atoms with Crippen molar-refractivity contribution in [2.45, 2.75) is 32.8 Å². The highest BCUT2D eigenvalue weighted by molar-refractivity contribution is 9.10. The van der Waals surface area contributed by atoms with Crippen LogP contribution in [0.25, 0.3) is 0 Å². The van der Waals surface area contributed by atoms with Gasteiger partial charge in [0.2, 0.25) is 5.91 Å². The molecule has 2 heterocycles. The zero-order chi connectivity index (χ0) is 14.5.